The van der Waals surface area contributed by atoms with Gasteiger partial charge < -0.3 is 10.7 Å². The van der Waals surface area contributed by atoms with E-state index < -0.39 is 11.4 Å². The Kier molecular flexibility index (Phi) is 4.38. The van der Waals surface area contributed by atoms with Gasteiger partial charge in [0.2, 0.25) is 0 Å². The lowest BCUT2D eigenvalue weighted by Gasteiger charge is -2.07. The molecule has 0 bridgehead atoms. The zero-order valence-corrected chi connectivity index (χ0v) is 11.7. The van der Waals surface area contributed by atoms with Crippen molar-refractivity contribution in [1.82, 2.24) is 15.0 Å². The highest BCUT2D eigenvalue weighted by atomic mass is 35.5. The van der Waals surface area contributed by atoms with Crippen molar-refractivity contribution in [3.8, 4) is 0 Å². The molecule has 2 rings (SSSR count). The number of fused-ring (bicyclic) bond motifs is 1. The molecule has 2 heterocycles. The summed E-state index contributed by atoms with van der Waals surface area (Å²) >= 11 is 6.96. The van der Waals surface area contributed by atoms with Crippen LogP contribution in [0.5, 0.6) is 0 Å². The molecule has 0 amide bonds. The second kappa shape index (κ2) is 5.85. The molecule has 0 aromatic carbocycles. The maximum absolute atomic E-state index is 14.0. The summed E-state index contributed by atoms with van der Waals surface area (Å²) in [6.07, 6.45) is 2.82. The molecule has 0 aliphatic heterocycles. The Morgan fingerprint density at radius 3 is 2.84 bits per heavy atom. The summed E-state index contributed by atoms with van der Waals surface area (Å²) in [5.74, 6) is -0.769. The van der Waals surface area contributed by atoms with Crippen molar-refractivity contribution in [3.63, 3.8) is 0 Å². The number of nitrogens with zero attached hydrogens (tertiary/aromatic N) is 2. The molecule has 0 unspecified atom stereocenters. The Morgan fingerprint density at radius 1 is 1.47 bits per heavy atom. The van der Waals surface area contributed by atoms with E-state index in [0.29, 0.717) is 30.2 Å². The predicted molar refractivity (Wildman–Crippen MR) is 74.3 cm³/mol. The molecule has 0 saturated heterocycles. The molecule has 0 atom stereocenters. The van der Waals surface area contributed by atoms with Gasteiger partial charge in [0.15, 0.2) is 16.1 Å². The number of rotatable bonds is 4. The standard InChI is InChI=1S/C11H12ClFN4OS/c1-19-11-16-8-6(10(18)17-11)5(3-2-4-14)15-9(12)7(8)13/h2-4,14H2,1H3,(H,16,17,18). The van der Waals surface area contributed by atoms with Crippen LogP contribution in [0.3, 0.4) is 0 Å². The Hall–Kier alpha value is -1.18. The van der Waals surface area contributed by atoms with E-state index in [1.807, 2.05) is 0 Å². The van der Waals surface area contributed by atoms with Gasteiger partial charge in [0.05, 0.1) is 11.1 Å². The number of pyridine rings is 1. The van der Waals surface area contributed by atoms with E-state index in [-0.39, 0.29) is 16.1 Å². The third-order valence-corrected chi connectivity index (χ3v) is 3.45. The van der Waals surface area contributed by atoms with Crippen LogP contribution in [0.2, 0.25) is 5.15 Å². The first-order valence-electron chi connectivity index (χ1n) is 5.60. The van der Waals surface area contributed by atoms with E-state index in [1.165, 1.54) is 11.8 Å². The van der Waals surface area contributed by atoms with Crippen LogP contribution in [0.25, 0.3) is 10.9 Å². The zero-order chi connectivity index (χ0) is 14.0. The Bertz CT molecular complexity index is 676. The van der Waals surface area contributed by atoms with Crippen molar-refractivity contribution in [1.29, 1.82) is 0 Å². The molecule has 102 valence electrons. The van der Waals surface area contributed by atoms with E-state index in [1.54, 1.807) is 6.26 Å². The first-order chi connectivity index (χ1) is 9.08. The fourth-order valence-corrected chi connectivity index (χ4v) is 2.32. The summed E-state index contributed by atoms with van der Waals surface area (Å²) in [7, 11) is 0. The lowest BCUT2D eigenvalue weighted by atomic mass is 10.1. The van der Waals surface area contributed by atoms with Gasteiger partial charge in [-0.05, 0) is 25.6 Å². The number of nitrogens with two attached hydrogens (primary N) is 1. The monoisotopic (exact) mass is 302 g/mol. The second-order valence-corrected chi connectivity index (χ2v) is 5.01. The molecule has 0 spiro atoms. The average molecular weight is 303 g/mol. The zero-order valence-electron chi connectivity index (χ0n) is 10.2. The van der Waals surface area contributed by atoms with Gasteiger partial charge in [-0.15, -0.1) is 0 Å². The van der Waals surface area contributed by atoms with Gasteiger partial charge in [0.1, 0.15) is 5.52 Å². The van der Waals surface area contributed by atoms with Crippen LogP contribution in [0, 0.1) is 5.82 Å². The fourth-order valence-electron chi connectivity index (χ4n) is 1.75. The van der Waals surface area contributed by atoms with Gasteiger partial charge in [-0.2, -0.15) is 0 Å². The smallest absolute Gasteiger partial charge is 0.261 e. The van der Waals surface area contributed by atoms with Gasteiger partial charge in [0, 0.05) is 0 Å². The van der Waals surface area contributed by atoms with Gasteiger partial charge in [-0.25, -0.2) is 14.4 Å². The average Bonchev–Trinajstić information content (AvgIpc) is 2.40. The Morgan fingerprint density at radius 2 is 2.21 bits per heavy atom. The normalized spacial score (nSPS) is 11.2. The number of aromatic amines is 1. The Labute approximate surface area is 117 Å². The quantitative estimate of drug-likeness (QED) is 0.510. The summed E-state index contributed by atoms with van der Waals surface area (Å²) in [6, 6.07) is 0. The minimum atomic E-state index is -0.769. The summed E-state index contributed by atoms with van der Waals surface area (Å²) < 4.78 is 14.0. The predicted octanol–water partition coefficient (Wildman–Crippen LogP) is 1.72. The SMILES string of the molecule is CSc1nc2c(F)c(Cl)nc(CCCN)c2c(=O)[nH]1. The molecule has 0 aliphatic carbocycles. The molecule has 0 saturated carbocycles. The second-order valence-electron chi connectivity index (χ2n) is 3.85. The summed E-state index contributed by atoms with van der Waals surface area (Å²) in [5.41, 5.74) is 5.40. The third kappa shape index (κ3) is 2.72. The number of hydrogen-bond acceptors (Lipinski definition) is 5. The number of hydrogen-bond donors (Lipinski definition) is 2. The number of H-pyrrole nitrogens is 1. The van der Waals surface area contributed by atoms with Gasteiger partial charge >= 0.3 is 0 Å². The van der Waals surface area contributed by atoms with Crippen LogP contribution < -0.4 is 11.3 Å². The topological polar surface area (TPSA) is 84.7 Å². The van der Waals surface area contributed by atoms with Crippen LogP contribution in [0.1, 0.15) is 12.1 Å². The molecule has 0 aliphatic rings. The van der Waals surface area contributed by atoms with E-state index in [9.17, 15) is 9.18 Å². The summed E-state index contributed by atoms with van der Waals surface area (Å²) in [4.78, 5) is 22.6. The van der Waals surface area contributed by atoms with Crippen molar-refractivity contribution in [2.45, 2.75) is 18.0 Å². The molecular formula is C11H12ClFN4OS. The van der Waals surface area contributed by atoms with Crippen molar-refractivity contribution < 1.29 is 4.39 Å². The molecule has 3 N–H and O–H groups in total. The van der Waals surface area contributed by atoms with E-state index in [2.05, 4.69) is 15.0 Å². The summed E-state index contributed by atoms with van der Waals surface area (Å²) in [6.45, 7) is 0.451. The maximum Gasteiger partial charge on any atom is 0.261 e. The molecule has 19 heavy (non-hydrogen) atoms. The van der Waals surface area contributed by atoms with E-state index in [0.717, 1.165) is 0 Å². The number of thioether (sulfide) groups is 1. The van der Waals surface area contributed by atoms with Crippen molar-refractivity contribution in [3.05, 3.63) is 27.0 Å². The molecular weight excluding hydrogens is 291 g/mol. The number of aryl methyl sites for hydroxylation is 1. The highest BCUT2D eigenvalue weighted by Crippen LogP contribution is 2.23. The first-order valence-corrected chi connectivity index (χ1v) is 7.20. The lowest BCUT2D eigenvalue weighted by molar-refractivity contribution is 0.626. The molecule has 2 aromatic rings. The number of aromatic nitrogens is 3. The van der Waals surface area contributed by atoms with Crippen molar-refractivity contribution >= 4 is 34.3 Å². The number of nitrogens with one attached hydrogen (secondary N) is 1. The largest absolute Gasteiger partial charge is 0.330 e. The molecule has 0 fully saturated rings. The van der Waals surface area contributed by atoms with E-state index in [4.69, 9.17) is 17.3 Å². The van der Waals surface area contributed by atoms with Crippen LogP contribution in [0.4, 0.5) is 4.39 Å². The van der Waals surface area contributed by atoms with Crippen LogP contribution >= 0.6 is 23.4 Å². The van der Waals surface area contributed by atoms with E-state index >= 15 is 0 Å². The van der Waals surface area contributed by atoms with Crippen molar-refractivity contribution in [2.75, 3.05) is 12.8 Å². The molecule has 0 radical (unpaired) electrons. The van der Waals surface area contributed by atoms with Gasteiger partial charge in [0.25, 0.3) is 5.56 Å². The Balaban J connectivity index is 2.77. The third-order valence-electron chi connectivity index (χ3n) is 2.62. The number of halogens is 2. The van der Waals surface area contributed by atoms with Crippen LogP contribution in [-0.2, 0) is 6.42 Å². The highest BCUT2D eigenvalue weighted by molar-refractivity contribution is 7.98. The van der Waals surface area contributed by atoms with Gasteiger partial charge in [-0.3, -0.25) is 4.79 Å². The van der Waals surface area contributed by atoms with Crippen LogP contribution in [-0.4, -0.2) is 27.8 Å². The first kappa shape index (κ1) is 14.2. The van der Waals surface area contributed by atoms with Crippen LogP contribution in [0.15, 0.2) is 9.95 Å². The van der Waals surface area contributed by atoms with Gasteiger partial charge in [-0.1, -0.05) is 23.4 Å². The minimum absolute atomic E-state index is 0.0416. The lowest BCUT2D eigenvalue weighted by Crippen LogP contribution is -2.14. The fraction of sp³-hybridized carbons (Fsp3) is 0.364. The minimum Gasteiger partial charge on any atom is -0.330 e. The molecule has 5 nitrogen and oxygen atoms in total. The maximum atomic E-state index is 14.0. The van der Waals surface area contributed by atoms with Crippen molar-refractivity contribution in [2.24, 2.45) is 5.73 Å². The molecule has 8 heteroatoms. The molecule has 2 aromatic heterocycles. The summed E-state index contributed by atoms with van der Waals surface area (Å²) in [5, 5.41) is 0.210. The highest BCUT2D eigenvalue weighted by Gasteiger charge is 2.17.